The molecule has 1 aliphatic rings. The van der Waals surface area contributed by atoms with E-state index in [2.05, 4.69) is 25.3 Å². The molecule has 1 saturated carbocycles. The molecule has 9 heteroatoms. The number of nitrogen functional groups attached to an aromatic ring is 1. The molecule has 0 bridgehead atoms. The summed E-state index contributed by atoms with van der Waals surface area (Å²) >= 11 is 0. The van der Waals surface area contributed by atoms with Gasteiger partial charge in [0.15, 0.2) is 0 Å². The fourth-order valence-electron chi connectivity index (χ4n) is 3.08. The van der Waals surface area contributed by atoms with E-state index < -0.39 is 0 Å². The molecule has 2 aromatic heterocycles. The summed E-state index contributed by atoms with van der Waals surface area (Å²) in [5, 5.41) is 2.90. The van der Waals surface area contributed by atoms with E-state index in [1.807, 2.05) is 0 Å². The van der Waals surface area contributed by atoms with Gasteiger partial charge < -0.3 is 16.0 Å². The first-order chi connectivity index (χ1) is 11.8. The van der Waals surface area contributed by atoms with Gasteiger partial charge in [0.05, 0.1) is 12.1 Å². The number of aromatic amines is 2. The molecule has 5 N–H and O–H groups in total. The third kappa shape index (κ3) is 3.76. The van der Waals surface area contributed by atoms with Crippen LogP contribution >= 0.6 is 0 Å². The standard InChI is InChI=1S/C16H20N6O3/c1-7-11(15(25)19-8(2)18-7)5-13(23)20-10-3-9(4-10)12-6-14(24)22-16(17)21-12/h6,9-10H,3-5H2,1-2H3,(H,20,23)(H,18,19,25)(H3,17,21,22,24). The summed E-state index contributed by atoms with van der Waals surface area (Å²) in [6, 6.07) is 1.43. The summed E-state index contributed by atoms with van der Waals surface area (Å²) in [6.45, 7) is 3.41. The zero-order valence-corrected chi connectivity index (χ0v) is 14.0. The predicted octanol–water partition coefficient (Wildman–Crippen LogP) is -0.343. The van der Waals surface area contributed by atoms with Gasteiger partial charge in [-0.15, -0.1) is 0 Å². The molecule has 2 aromatic rings. The highest BCUT2D eigenvalue weighted by atomic mass is 16.2. The lowest BCUT2D eigenvalue weighted by molar-refractivity contribution is -0.121. The van der Waals surface area contributed by atoms with Crippen molar-refractivity contribution in [3.05, 3.63) is 49.5 Å². The molecule has 132 valence electrons. The number of carbonyl (C=O) groups is 1. The van der Waals surface area contributed by atoms with E-state index in [0.717, 1.165) is 0 Å². The van der Waals surface area contributed by atoms with Crippen molar-refractivity contribution < 1.29 is 4.79 Å². The zero-order chi connectivity index (χ0) is 18.1. The Morgan fingerprint density at radius 3 is 2.64 bits per heavy atom. The van der Waals surface area contributed by atoms with E-state index in [1.54, 1.807) is 13.8 Å². The maximum absolute atomic E-state index is 12.2. The molecule has 0 spiro atoms. The number of H-pyrrole nitrogens is 2. The van der Waals surface area contributed by atoms with Crippen LogP contribution in [0.5, 0.6) is 0 Å². The molecule has 0 unspecified atom stereocenters. The number of anilines is 1. The van der Waals surface area contributed by atoms with Gasteiger partial charge in [-0.25, -0.2) is 9.97 Å². The topological polar surface area (TPSA) is 147 Å². The lowest BCUT2D eigenvalue weighted by Gasteiger charge is -2.35. The molecule has 0 saturated heterocycles. The van der Waals surface area contributed by atoms with Gasteiger partial charge in [-0.05, 0) is 26.7 Å². The van der Waals surface area contributed by atoms with Gasteiger partial charge in [-0.2, -0.15) is 0 Å². The first kappa shape index (κ1) is 16.9. The molecule has 1 aliphatic carbocycles. The van der Waals surface area contributed by atoms with Gasteiger partial charge in [0.2, 0.25) is 11.9 Å². The smallest absolute Gasteiger partial charge is 0.254 e. The zero-order valence-electron chi connectivity index (χ0n) is 14.0. The third-order valence-electron chi connectivity index (χ3n) is 4.38. The average Bonchev–Trinajstić information content (AvgIpc) is 2.45. The van der Waals surface area contributed by atoms with E-state index in [4.69, 9.17) is 5.73 Å². The number of amides is 1. The quantitative estimate of drug-likeness (QED) is 0.596. The Kier molecular flexibility index (Phi) is 4.39. The molecule has 0 radical (unpaired) electrons. The van der Waals surface area contributed by atoms with Crippen LogP contribution in [0.1, 0.15) is 41.5 Å². The van der Waals surface area contributed by atoms with Crippen LogP contribution in [0, 0.1) is 13.8 Å². The Morgan fingerprint density at radius 1 is 1.28 bits per heavy atom. The Labute approximate surface area is 143 Å². The van der Waals surface area contributed by atoms with Crippen molar-refractivity contribution in [2.75, 3.05) is 5.73 Å². The van der Waals surface area contributed by atoms with Crippen molar-refractivity contribution in [2.45, 2.75) is 45.1 Å². The molecule has 3 rings (SSSR count). The fraction of sp³-hybridized carbons (Fsp3) is 0.438. The molecular formula is C16H20N6O3. The van der Waals surface area contributed by atoms with Gasteiger partial charge in [0, 0.05) is 29.3 Å². The van der Waals surface area contributed by atoms with Crippen molar-refractivity contribution in [1.29, 1.82) is 0 Å². The van der Waals surface area contributed by atoms with Gasteiger partial charge in [0.1, 0.15) is 5.82 Å². The van der Waals surface area contributed by atoms with Gasteiger partial charge >= 0.3 is 0 Å². The number of aryl methyl sites for hydroxylation is 2. The van der Waals surface area contributed by atoms with Crippen LogP contribution in [0.3, 0.4) is 0 Å². The summed E-state index contributed by atoms with van der Waals surface area (Å²) in [5.41, 5.74) is 6.56. The number of hydrogen-bond acceptors (Lipinski definition) is 6. The maximum atomic E-state index is 12.2. The van der Waals surface area contributed by atoms with E-state index in [0.29, 0.717) is 35.6 Å². The second-order valence-corrected chi connectivity index (χ2v) is 6.38. The van der Waals surface area contributed by atoms with Gasteiger partial charge in [-0.1, -0.05) is 0 Å². The van der Waals surface area contributed by atoms with Crippen LogP contribution in [0.25, 0.3) is 0 Å². The minimum atomic E-state index is -0.283. The van der Waals surface area contributed by atoms with Crippen molar-refractivity contribution in [1.82, 2.24) is 25.3 Å². The number of aromatic nitrogens is 4. The molecule has 9 nitrogen and oxygen atoms in total. The summed E-state index contributed by atoms with van der Waals surface area (Å²) in [6.07, 6.45) is 1.36. The molecule has 2 heterocycles. The molecule has 1 fully saturated rings. The van der Waals surface area contributed by atoms with Crippen molar-refractivity contribution >= 4 is 11.9 Å². The second kappa shape index (κ2) is 6.50. The average molecular weight is 344 g/mol. The van der Waals surface area contributed by atoms with Gasteiger partial charge in [-0.3, -0.25) is 19.4 Å². The van der Waals surface area contributed by atoms with Crippen LogP contribution in [-0.2, 0) is 11.2 Å². The molecule has 0 aliphatic heterocycles. The number of carbonyl (C=O) groups excluding carboxylic acids is 1. The van der Waals surface area contributed by atoms with Crippen LogP contribution in [0.2, 0.25) is 0 Å². The highest BCUT2D eigenvalue weighted by Crippen LogP contribution is 2.35. The number of hydrogen-bond donors (Lipinski definition) is 4. The van der Waals surface area contributed by atoms with Crippen LogP contribution in [0.15, 0.2) is 15.7 Å². The van der Waals surface area contributed by atoms with Crippen LogP contribution in [0.4, 0.5) is 5.95 Å². The number of rotatable bonds is 4. The van der Waals surface area contributed by atoms with Crippen molar-refractivity contribution in [2.24, 2.45) is 0 Å². The lowest BCUT2D eigenvalue weighted by Crippen LogP contribution is -2.44. The summed E-state index contributed by atoms with van der Waals surface area (Å²) in [5.74, 6) is 0.497. The Morgan fingerprint density at radius 2 is 2.00 bits per heavy atom. The lowest BCUT2D eigenvalue weighted by atomic mass is 9.78. The maximum Gasteiger partial charge on any atom is 0.254 e. The van der Waals surface area contributed by atoms with Crippen LogP contribution in [-0.4, -0.2) is 31.9 Å². The monoisotopic (exact) mass is 344 g/mol. The summed E-state index contributed by atoms with van der Waals surface area (Å²) < 4.78 is 0. The third-order valence-corrected chi connectivity index (χ3v) is 4.38. The highest BCUT2D eigenvalue weighted by Gasteiger charge is 2.33. The van der Waals surface area contributed by atoms with E-state index >= 15 is 0 Å². The van der Waals surface area contributed by atoms with Crippen molar-refractivity contribution in [3.8, 4) is 0 Å². The Balaban J connectivity index is 1.57. The number of nitrogens with one attached hydrogen (secondary N) is 3. The molecular weight excluding hydrogens is 324 g/mol. The fourth-order valence-corrected chi connectivity index (χ4v) is 3.08. The first-order valence-corrected chi connectivity index (χ1v) is 8.04. The van der Waals surface area contributed by atoms with E-state index in [-0.39, 0.29) is 41.4 Å². The minimum Gasteiger partial charge on any atom is -0.369 e. The van der Waals surface area contributed by atoms with Crippen molar-refractivity contribution in [3.63, 3.8) is 0 Å². The Hall–Kier alpha value is -2.97. The second-order valence-electron chi connectivity index (χ2n) is 6.38. The SMILES string of the molecule is Cc1nc(C)c(CC(=O)NC2CC(c3cc(=O)[nH]c(N)n3)C2)c(=O)[nH]1. The normalized spacial score (nSPS) is 19.3. The number of nitrogens with zero attached hydrogens (tertiary/aromatic N) is 2. The molecule has 1 amide bonds. The van der Waals surface area contributed by atoms with E-state index in [9.17, 15) is 14.4 Å². The van der Waals surface area contributed by atoms with Gasteiger partial charge in [0.25, 0.3) is 11.1 Å². The van der Waals surface area contributed by atoms with Crippen LogP contribution < -0.4 is 22.2 Å². The van der Waals surface area contributed by atoms with E-state index in [1.165, 1.54) is 6.07 Å². The molecule has 0 aromatic carbocycles. The molecule has 0 atom stereocenters. The molecule has 25 heavy (non-hydrogen) atoms. The predicted molar refractivity (Wildman–Crippen MR) is 91.2 cm³/mol. The minimum absolute atomic E-state index is 0.00222. The largest absolute Gasteiger partial charge is 0.369 e. The Bertz CT molecular complexity index is 926. The summed E-state index contributed by atoms with van der Waals surface area (Å²) in [7, 11) is 0. The first-order valence-electron chi connectivity index (χ1n) is 8.04. The highest BCUT2D eigenvalue weighted by molar-refractivity contribution is 5.79. The number of nitrogens with two attached hydrogens (primary N) is 1. The summed E-state index contributed by atoms with van der Waals surface area (Å²) in [4.78, 5) is 48.8.